The van der Waals surface area contributed by atoms with Gasteiger partial charge < -0.3 is 5.11 Å². The fourth-order valence-corrected chi connectivity index (χ4v) is 3.91. The third-order valence-corrected chi connectivity index (χ3v) is 5.02. The Hall–Kier alpha value is -2.14. The standard InChI is InChI=1S/C17H9ClF3IN2O3/c1-24-11-6-7(16(26)27)5-8(12(11)15(22)23-24)14(25)13-9(17(19,20)21)3-2-4-10(13)18/h2-6H,1H3,(H,26,27). The van der Waals surface area contributed by atoms with Gasteiger partial charge in [-0.2, -0.15) is 18.3 Å². The lowest BCUT2D eigenvalue weighted by molar-refractivity contribution is -0.137. The smallest absolute Gasteiger partial charge is 0.417 e. The minimum Gasteiger partial charge on any atom is -0.478 e. The highest BCUT2D eigenvalue weighted by Gasteiger charge is 2.37. The van der Waals surface area contributed by atoms with E-state index in [-0.39, 0.29) is 21.5 Å². The normalized spacial score (nSPS) is 11.8. The Morgan fingerprint density at radius 2 is 1.93 bits per heavy atom. The summed E-state index contributed by atoms with van der Waals surface area (Å²) in [5.41, 5.74) is -2.06. The van der Waals surface area contributed by atoms with E-state index in [0.717, 1.165) is 18.2 Å². The molecule has 5 nitrogen and oxygen atoms in total. The molecule has 0 atom stereocenters. The summed E-state index contributed by atoms with van der Waals surface area (Å²) in [4.78, 5) is 24.5. The molecule has 140 valence electrons. The van der Waals surface area contributed by atoms with E-state index in [1.807, 2.05) is 22.6 Å². The molecule has 2 aromatic carbocycles. The predicted octanol–water partition coefficient (Wildman–Crippen LogP) is 4.78. The molecule has 0 fully saturated rings. The molecule has 3 aromatic rings. The van der Waals surface area contributed by atoms with Crippen molar-refractivity contribution in [3.05, 3.63) is 61.3 Å². The van der Waals surface area contributed by atoms with E-state index in [0.29, 0.717) is 9.22 Å². The summed E-state index contributed by atoms with van der Waals surface area (Å²) in [7, 11) is 1.54. The molecule has 1 N–H and O–H groups in total. The monoisotopic (exact) mass is 508 g/mol. The van der Waals surface area contributed by atoms with Crippen LogP contribution in [0.5, 0.6) is 0 Å². The van der Waals surface area contributed by atoms with Crippen molar-refractivity contribution in [2.75, 3.05) is 0 Å². The average molecular weight is 509 g/mol. The number of aromatic carboxylic acids is 1. The lowest BCUT2D eigenvalue weighted by Gasteiger charge is -2.14. The number of carbonyl (C=O) groups excluding carboxylic acids is 1. The molecule has 0 aliphatic carbocycles. The Labute approximate surface area is 168 Å². The van der Waals surface area contributed by atoms with Crippen molar-refractivity contribution >= 4 is 56.8 Å². The van der Waals surface area contributed by atoms with E-state index in [1.54, 1.807) is 7.05 Å². The van der Waals surface area contributed by atoms with E-state index < -0.39 is 29.1 Å². The number of carbonyl (C=O) groups is 2. The van der Waals surface area contributed by atoms with Crippen LogP contribution >= 0.6 is 34.2 Å². The van der Waals surface area contributed by atoms with E-state index in [4.69, 9.17) is 11.6 Å². The van der Waals surface area contributed by atoms with Gasteiger partial charge in [0.1, 0.15) is 3.70 Å². The Bertz CT molecular complexity index is 1110. The van der Waals surface area contributed by atoms with Gasteiger partial charge in [0.2, 0.25) is 0 Å². The molecular formula is C17H9ClF3IN2O3. The van der Waals surface area contributed by atoms with Crippen LogP contribution in [0.25, 0.3) is 10.9 Å². The zero-order chi connectivity index (χ0) is 20.1. The number of ketones is 1. The van der Waals surface area contributed by atoms with E-state index >= 15 is 0 Å². The van der Waals surface area contributed by atoms with Gasteiger partial charge in [0, 0.05) is 18.0 Å². The lowest BCUT2D eigenvalue weighted by Crippen LogP contribution is -2.15. The van der Waals surface area contributed by atoms with E-state index in [9.17, 15) is 27.9 Å². The minimum atomic E-state index is -4.80. The second-order valence-corrected chi connectivity index (χ2v) is 7.06. The van der Waals surface area contributed by atoms with Crippen LogP contribution in [-0.2, 0) is 13.2 Å². The average Bonchev–Trinajstić information content (AvgIpc) is 2.87. The van der Waals surface area contributed by atoms with Crippen LogP contribution in [0.1, 0.15) is 31.8 Å². The van der Waals surface area contributed by atoms with Crippen molar-refractivity contribution in [3.63, 3.8) is 0 Å². The largest absolute Gasteiger partial charge is 0.478 e. The van der Waals surface area contributed by atoms with Gasteiger partial charge in [-0.05, 0) is 46.9 Å². The number of benzene rings is 2. The molecule has 0 saturated heterocycles. The number of carboxylic acid groups (broad SMARTS) is 1. The van der Waals surface area contributed by atoms with Crippen LogP contribution in [-0.4, -0.2) is 26.6 Å². The van der Waals surface area contributed by atoms with Crippen LogP contribution in [0.15, 0.2) is 30.3 Å². The van der Waals surface area contributed by atoms with Gasteiger partial charge in [-0.1, -0.05) is 17.7 Å². The number of carboxylic acids is 1. The van der Waals surface area contributed by atoms with Crippen molar-refractivity contribution in [1.82, 2.24) is 9.78 Å². The highest BCUT2D eigenvalue weighted by molar-refractivity contribution is 14.1. The van der Waals surface area contributed by atoms with Crippen LogP contribution in [0.3, 0.4) is 0 Å². The first-order valence-electron chi connectivity index (χ1n) is 7.32. The first-order chi connectivity index (χ1) is 12.5. The molecule has 1 heterocycles. The van der Waals surface area contributed by atoms with Gasteiger partial charge in [0.05, 0.1) is 27.2 Å². The fourth-order valence-electron chi connectivity index (χ4n) is 2.76. The van der Waals surface area contributed by atoms with Crippen molar-refractivity contribution < 1.29 is 27.9 Å². The number of aryl methyl sites for hydroxylation is 1. The molecule has 10 heteroatoms. The molecule has 0 aliphatic rings. The van der Waals surface area contributed by atoms with Gasteiger partial charge in [0.25, 0.3) is 0 Å². The maximum absolute atomic E-state index is 13.4. The van der Waals surface area contributed by atoms with Gasteiger partial charge in [-0.25, -0.2) is 4.79 Å². The molecule has 0 bridgehead atoms. The quantitative estimate of drug-likeness (QED) is 0.408. The first-order valence-corrected chi connectivity index (χ1v) is 8.78. The third-order valence-electron chi connectivity index (χ3n) is 3.95. The third kappa shape index (κ3) is 3.41. The summed E-state index contributed by atoms with van der Waals surface area (Å²) < 4.78 is 41.9. The number of rotatable bonds is 3. The number of nitrogens with zero attached hydrogens (tertiary/aromatic N) is 2. The highest BCUT2D eigenvalue weighted by Crippen LogP contribution is 2.37. The summed E-state index contributed by atoms with van der Waals surface area (Å²) in [6.45, 7) is 0. The SMILES string of the molecule is Cn1nc(I)c2c(C(=O)c3c(Cl)cccc3C(F)(F)F)cc(C(=O)O)cc21. The molecule has 0 spiro atoms. The Morgan fingerprint density at radius 1 is 1.26 bits per heavy atom. The van der Waals surface area contributed by atoms with Crippen LogP contribution in [0.2, 0.25) is 5.02 Å². The minimum absolute atomic E-state index is 0.207. The van der Waals surface area contributed by atoms with Crippen molar-refractivity contribution in [1.29, 1.82) is 0 Å². The fraction of sp³-hybridized carbons (Fsp3) is 0.118. The molecule has 0 aliphatic heterocycles. The van der Waals surface area contributed by atoms with Crippen LogP contribution < -0.4 is 0 Å². The molecule has 0 unspecified atom stereocenters. The number of halogens is 5. The Balaban J connectivity index is 2.37. The molecule has 1 aromatic heterocycles. The Kier molecular flexibility index (Phi) is 4.93. The number of alkyl halides is 3. The summed E-state index contributed by atoms with van der Waals surface area (Å²) >= 11 is 7.75. The zero-order valence-corrected chi connectivity index (χ0v) is 16.3. The molecule has 27 heavy (non-hydrogen) atoms. The number of hydrogen-bond donors (Lipinski definition) is 1. The predicted molar refractivity (Wildman–Crippen MR) is 100 cm³/mol. The maximum Gasteiger partial charge on any atom is 0.417 e. The molecule has 0 radical (unpaired) electrons. The zero-order valence-electron chi connectivity index (χ0n) is 13.4. The maximum atomic E-state index is 13.4. The summed E-state index contributed by atoms with van der Waals surface area (Å²) in [5, 5.41) is 13.3. The molecule has 0 saturated carbocycles. The number of hydrogen-bond acceptors (Lipinski definition) is 3. The van der Waals surface area contributed by atoms with E-state index in [1.165, 1.54) is 16.8 Å². The van der Waals surface area contributed by atoms with Gasteiger partial charge in [0.15, 0.2) is 5.78 Å². The first kappa shape index (κ1) is 19.6. The van der Waals surface area contributed by atoms with Crippen LogP contribution in [0.4, 0.5) is 13.2 Å². The summed E-state index contributed by atoms with van der Waals surface area (Å²) in [5.74, 6) is -2.34. The molecule has 3 rings (SSSR count). The summed E-state index contributed by atoms with van der Waals surface area (Å²) in [6, 6.07) is 5.38. The van der Waals surface area contributed by atoms with Crippen molar-refractivity contribution in [2.45, 2.75) is 6.18 Å². The highest BCUT2D eigenvalue weighted by atomic mass is 127. The van der Waals surface area contributed by atoms with E-state index in [2.05, 4.69) is 5.10 Å². The lowest BCUT2D eigenvalue weighted by atomic mass is 9.94. The molecule has 0 amide bonds. The van der Waals surface area contributed by atoms with Gasteiger partial charge >= 0.3 is 12.1 Å². The van der Waals surface area contributed by atoms with Crippen LogP contribution in [0, 0.1) is 3.70 Å². The number of fused-ring (bicyclic) bond motifs is 1. The Morgan fingerprint density at radius 3 is 2.52 bits per heavy atom. The van der Waals surface area contributed by atoms with Crippen molar-refractivity contribution in [3.8, 4) is 0 Å². The van der Waals surface area contributed by atoms with Gasteiger partial charge in [-0.3, -0.25) is 9.48 Å². The second-order valence-electron chi connectivity index (χ2n) is 5.63. The number of aromatic nitrogens is 2. The van der Waals surface area contributed by atoms with Crippen molar-refractivity contribution in [2.24, 2.45) is 7.05 Å². The van der Waals surface area contributed by atoms with Gasteiger partial charge in [-0.15, -0.1) is 0 Å². The molecular weight excluding hydrogens is 500 g/mol. The second kappa shape index (κ2) is 6.79. The summed E-state index contributed by atoms with van der Waals surface area (Å²) in [6.07, 6.45) is -4.80. The topological polar surface area (TPSA) is 72.2 Å².